The summed E-state index contributed by atoms with van der Waals surface area (Å²) in [6.07, 6.45) is 0. The zero-order valence-electron chi connectivity index (χ0n) is 10.8. The van der Waals surface area contributed by atoms with E-state index in [1.54, 1.807) is 0 Å². The average Bonchev–Trinajstić information content (AvgIpc) is 2.80. The summed E-state index contributed by atoms with van der Waals surface area (Å²) < 4.78 is 1.93. The highest BCUT2D eigenvalue weighted by Gasteiger charge is 2.16. The molecule has 0 N–H and O–H groups in total. The highest BCUT2D eigenvalue weighted by atomic mass is 35.5. The van der Waals surface area contributed by atoms with Crippen molar-refractivity contribution in [2.75, 3.05) is 0 Å². The average molecular weight is 272 g/mol. The van der Waals surface area contributed by atoms with Crippen LogP contribution in [0.5, 0.6) is 0 Å². The Balaban J connectivity index is 2.34. The largest absolute Gasteiger partial charge is 0.269 e. The third kappa shape index (κ3) is 2.00. The van der Waals surface area contributed by atoms with Crippen LogP contribution >= 0.6 is 11.6 Å². The molecule has 0 saturated heterocycles. The van der Waals surface area contributed by atoms with Crippen molar-refractivity contribution >= 4 is 22.4 Å². The van der Waals surface area contributed by atoms with Gasteiger partial charge in [-0.3, -0.25) is 4.57 Å². The molecule has 1 aromatic heterocycles. The zero-order valence-corrected chi connectivity index (χ0v) is 11.6. The summed E-state index contributed by atoms with van der Waals surface area (Å²) in [5.41, 5.74) is 1.02. The lowest BCUT2D eigenvalue weighted by Crippen LogP contribution is -2.03. The summed E-state index contributed by atoms with van der Waals surface area (Å²) >= 11 is 6.21. The molecule has 0 bridgehead atoms. The molecule has 0 spiro atoms. The summed E-state index contributed by atoms with van der Waals surface area (Å²) in [5.74, 6) is 1.14. The van der Waals surface area contributed by atoms with E-state index in [-0.39, 0.29) is 5.92 Å². The number of aromatic nitrogens is 3. The number of fused-ring (bicyclic) bond motifs is 1. The van der Waals surface area contributed by atoms with Crippen molar-refractivity contribution in [2.45, 2.75) is 19.8 Å². The monoisotopic (exact) mass is 271 g/mol. The Kier molecular flexibility index (Phi) is 2.99. The fraction of sp³-hybridized carbons (Fsp3) is 0.200. The Bertz CT molecular complexity index is 726. The first-order chi connectivity index (χ1) is 9.18. The van der Waals surface area contributed by atoms with E-state index >= 15 is 0 Å². The van der Waals surface area contributed by atoms with Gasteiger partial charge in [-0.15, -0.1) is 10.2 Å². The molecule has 3 nitrogen and oxygen atoms in total. The molecule has 0 aliphatic heterocycles. The molecule has 0 aliphatic rings. The molecule has 1 heterocycles. The molecule has 0 fully saturated rings. The van der Waals surface area contributed by atoms with E-state index < -0.39 is 0 Å². The Hall–Kier alpha value is -1.87. The molecule has 0 aliphatic carbocycles. The van der Waals surface area contributed by atoms with Crippen LogP contribution in [0.1, 0.15) is 25.6 Å². The van der Waals surface area contributed by atoms with E-state index in [4.69, 9.17) is 11.6 Å². The van der Waals surface area contributed by atoms with Crippen LogP contribution < -0.4 is 0 Å². The van der Waals surface area contributed by atoms with Crippen molar-refractivity contribution < 1.29 is 0 Å². The van der Waals surface area contributed by atoms with Crippen LogP contribution in [0.15, 0.2) is 42.5 Å². The minimum Gasteiger partial charge on any atom is -0.269 e. The third-order valence-electron chi connectivity index (χ3n) is 3.17. The molecule has 0 atom stereocenters. The molecule has 19 heavy (non-hydrogen) atoms. The summed E-state index contributed by atoms with van der Waals surface area (Å²) in [7, 11) is 0. The van der Waals surface area contributed by atoms with Crippen molar-refractivity contribution in [1.29, 1.82) is 0 Å². The smallest absolute Gasteiger partial charge is 0.229 e. The maximum absolute atomic E-state index is 6.21. The number of halogens is 1. The van der Waals surface area contributed by atoms with E-state index in [0.717, 1.165) is 16.9 Å². The Morgan fingerprint density at radius 1 is 1.00 bits per heavy atom. The molecule has 0 radical (unpaired) electrons. The molecule has 3 aromatic rings. The van der Waals surface area contributed by atoms with Gasteiger partial charge < -0.3 is 0 Å². The lowest BCUT2D eigenvalue weighted by molar-refractivity contribution is 0.747. The van der Waals surface area contributed by atoms with Crippen LogP contribution in [0.4, 0.5) is 0 Å². The maximum atomic E-state index is 6.21. The second kappa shape index (κ2) is 4.67. The number of benzene rings is 2. The fourth-order valence-electron chi connectivity index (χ4n) is 2.28. The topological polar surface area (TPSA) is 30.7 Å². The molecule has 2 aromatic carbocycles. The minimum atomic E-state index is 0.263. The summed E-state index contributed by atoms with van der Waals surface area (Å²) in [4.78, 5) is 0. The molecule has 0 saturated carbocycles. The Morgan fingerprint density at radius 2 is 1.74 bits per heavy atom. The summed E-state index contributed by atoms with van der Waals surface area (Å²) in [5, 5.41) is 10.9. The lowest BCUT2D eigenvalue weighted by Gasteiger charge is -2.12. The van der Waals surface area contributed by atoms with Crippen LogP contribution in [-0.4, -0.2) is 14.8 Å². The van der Waals surface area contributed by atoms with Crippen LogP contribution in [-0.2, 0) is 0 Å². The quantitative estimate of drug-likeness (QED) is 0.699. The molecule has 3 rings (SSSR count). The van der Waals surface area contributed by atoms with E-state index in [2.05, 4.69) is 42.2 Å². The number of hydrogen-bond acceptors (Lipinski definition) is 2. The van der Waals surface area contributed by atoms with Crippen molar-refractivity contribution in [3.63, 3.8) is 0 Å². The van der Waals surface area contributed by atoms with Crippen LogP contribution in [0, 0.1) is 0 Å². The van der Waals surface area contributed by atoms with Gasteiger partial charge in [-0.2, -0.15) is 0 Å². The van der Waals surface area contributed by atoms with Crippen molar-refractivity contribution in [1.82, 2.24) is 14.8 Å². The Morgan fingerprint density at radius 3 is 2.53 bits per heavy atom. The first-order valence-electron chi connectivity index (χ1n) is 6.27. The van der Waals surface area contributed by atoms with Gasteiger partial charge in [0, 0.05) is 11.3 Å². The molecular formula is C15H14ClN3. The first-order valence-corrected chi connectivity index (χ1v) is 6.65. The van der Waals surface area contributed by atoms with Gasteiger partial charge in [-0.25, -0.2) is 0 Å². The van der Waals surface area contributed by atoms with E-state index in [9.17, 15) is 0 Å². The fourth-order valence-corrected chi connectivity index (χ4v) is 2.49. The van der Waals surface area contributed by atoms with Gasteiger partial charge in [0.25, 0.3) is 0 Å². The molecular weight excluding hydrogens is 258 g/mol. The van der Waals surface area contributed by atoms with E-state index in [0.29, 0.717) is 5.28 Å². The third-order valence-corrected chi connectivity index (χ3v) is 3.42. The SMILES string of the molecule is CC(C)c1nnc(Cl)n1-c1cccc2ccccc12. The van der Waals surface area contributed by atoms with Crippen LogP contribution in [0.2, 0.25) is 5.28 Å². The number of rotatable bonds is 2. The summed E-state index contributed by atoms with van der Waals surface area (Å²) in [6, 6.07) is 14.4. The van der Waals surface area contributed by atoms with E-state index in [1.807, 2.05) is 28.8 Å². The Labute approximate surface area is 116 Å². The standard InChI is InChI=1S/C15H14ClN3/c1-10(2)14-17-18-15(16)19(14)13-9-5-7-11-6-3-4-8-12(11)13/h3-10H,1-2H3. The number of hydrogen-bond donors (Lipinski definition) is 0. The first kappa shape index (κ1) is 12.2. The van der Waals surface area contributed by atoms with Gasteiger partial charge in [-0.05, 0) is 23.1 Å². The van der Waals surface area contributed by atoms with Crippen molar-refractivity contribution in [3.05, 3.63) is 53.6 Å². The van der Waals surface area contributed by atoms with Crippen LogP contribution in [0.3, 0.4) is 0 Å². The van der Waals surface area contributed by atoms with Gasteiger partial charge in [0.2, 0.25) is 5.28 Å². The van der Waals surface area contributed by atoms with Gasteiger partial charge >= 0.3 is 0 Å². The zero-order chi connectivity index (χ0) is 13.4. The highest BCUT2D eigenvalue weighted by Crippen LogP contribution is 2.28. The lowest BCUT2D eigenvalue weighted by atomic mass is 10.1. The molecule has 0 unspecified atom stereocenters. The molecule has 0 amide bonds. The van der Waals surface area contributed by atoms with Crippen molar-refractivity contribution in [2.24, 2.45) is 0 Å². The minimum absolute atomic E-state index is 0.263. The van der Waals surface area contributed by atoms with E-state index in [1.165, 1.54) is 5.39 Å². The highest BCUT2D eigenvalue weighted by molar-refractivity contribution is 6.28. The number of nitrogens with zero attached hydrogens (tertiary/aromatic N) is 3. The normalized spacial score (nSPS) is 11.4. The van der Waals surface area contributed by atoms with Gasteiger partial charge in [0.1, 0.15) is 5.82 Å². The predicted octanol–water partition coefficient (Wildman–Crippen LogP) is 4.20. The molecule has 4 heteroatoms. The van der Waals surface area contributed by atoms with Gasteiger partial charge in [0.05, 0.1) is 5.69 Å². The second-order valence-corrected chi connectivity index (χ2v) is 5.15. The molecule has 96 valence electrons. The van der Waals surface area contributed by atoms with Crippen molar-refractivity contribution in [3.8, 4) is 5.69 Å². The van der Waals surface area contributed by atoms with Crippen LogP contribution in [0.25, 0.3) is 16.5 Å². The summed E-state index contributed by atoms with van der Waals surface area (Å²) in [6.45, 7) is 4.17. The van der Waals surface area contributed by atoms with Gasteiger partial charge in [0.15, 0.2) is 0 Å². The maximum Gasteiger partial charge on any atom is 0.229 e. The predicted molar refractivity (Wildman–Crippen MR) is 78.0 cm³/mol. The van der Waals surface area contributed by atoms with Gasteiger partial charge in [-0.1, -0.05) is 50.2 Å². The second-order valence-electron chi connectivity index (χ2n) is 4.82.